The number of nitrogens with zero attached hydrogens (tertiary/aromatic N) is 2. The number of rotatable bonds is 2. The van der Waals surface area contributed by atoms with Crippen molar-refractivity contribution in [1.82, 2.24) is 4.57 Å². The Hall–Kier alpha value is -5.74. The zero-order chi connectivity index (χ0) is 28.8. The van der Waals surface area contributed by atoms with Crippen molar-refractivity contribution in [2.45, 2.75) is 12.0 Å². The molecule has 4 heteroatoms. The van der Waals surface area contributed by atoms with Crippen LogP contribution in [0.4, 0.5) is 11.4 Å². The summed E-state index contributed by atoms with van der Waals surface area (Å²) in [7, 11) is 0. The predicted octanol–water partition coefficient (Wildman–Crippen LogP) is 10.6. The van der Waals surface area contributed by atoms with Crippen LogP contribution in [0.25, 0.3) is 38.3 Å². The number of anilines is 2. The molecule has 0 spiro atoms. The van der Waals surface area contributed by atoms with Gasteiger partial charge in [-0.15, -0.1) is 0 Å². The lowest BCUT2D eigenvalue weighted by atomic mass is 9.91. The van der Waals surface area contributed by atoms with Crippen LogP contribution in [0.1, 0.15) is 11.5 Å². The average Bonchev–Trinajstić information content (AvgIpc) is 3.61. The van der Waals surface area contributed by atoms with Crippen LogP contribution >= 0.6 is 0 Å². The summed E-state index contributed by atoms with van der Waals surface area (Å²) in [4.78, 5) is 2.47. The van der Waals surface area contributed by atoms with Crippen LogP contribution in [0.3, 0.4) is 0 Å². The third-order valence-corrected chi connectivity index (χ3v) is 9.34. The SMILES string of the molecule is C1=CC2c3cc(-n4c5c6c(ccc5c5ccc7ccccc7c54)Oc4ccccc4O6)ccc3N(c3ccccc3)C2C=C1. The minimum absolute atomic E-state index is 0.229. The number of ether oxygens (including phenoxy) is 2. The van der Waals surface area contributed by atoms with Crippen molar-refractivity contribution in [3.8, 4) is 28.7 Å². The second-order valence-corrected chi connectivity index (χ2v) is 11.7. The molecule has 0 amide bonds. The molecule has 0 saturated carbocycles. The Morgan fingerprint density at radius 2 is 1.27 bits per heavy atom. The van der Waals surface area contributed by atoms with Gasteiger partial charge in [-0.05, 0) is 65.5 Å². The highest BCUT2D eigenvalue weighted by atomic mass is 16.6. The summed E-state index contributed by atoms with van der Waals surface area (Å²) < 4.78 is 15.5. The highest BCUT2D eigenvalue weighted by molar-refractivity contribution is 6.20. The van der Waals surface area contributed by atoms with E-state index in [1.165, 1.54) is 38.6 Å². The third-order valence-electron chi connectivity index (χ3n) is 9.34. The summed E-state index contributed by atoms with van der Waals surface area (Å²) >= 11 is 0. The van der Waals surface area contributed by atoms with Crippen molar-refractivity contribution in [2.24, 2.45) is 0 Å². The Labute approximate surface area is 254 Å². The molecule has 7 aromatic rings. The summed E-state index contributed by atoms with van der Waals surface area (Å²) in [6, 6.07) is 43.1. The molecule has 208 valence electrons. The van der Waals surface area contributed by atoms with E-state index in [-0.39, 0.29) is 12.0 Å². The Bertz CT molecular complexity index is 2370. The number of fused-ring (bicyclic) bond motifs is 11. The van der Waals surface area contributed by atoms with Gasteiger partial charge < -0.3 is 18.9 Å². The second kappa shape index (κ2) is 8.88. The molecule has 6 aromatic carbocycles. The molecule has 0 radical (unpaired) electrons. The number of hydrogen-bond donors (Lipinski definition) is 0. The number of aromatic nitrogens is 1. The summed E-state index contributed by atoms with van der Waals surface area (Å²) in [5, 5.41) is 4.74. The molecule has 44 heavy (non-hydrogen) atoms. The summed E-state index contributed by atoms with van der Waals surface area (Å²) in [6.45, 7) is 0. The number of para-hydroxylation sites is 3. The largest absolute Gasteiger partial charge is 0.449 e. The first-order valence-corrected chi connectivity index (χ1v) is 15.1. The van der Waals surface area contributed by atoms with E-state index in [9.17, 15) is 0 Å². The van der Waals surface area contributed by atoms with Crippen molar-refractivity contribution in [1.29, 1.82) is 0 Å². The van der Waals surface area contributed by atoms with E-state index in [0.717, 1.165) is 39.6 Å². The molecule has 3 aliphatic rings. The van der Waals surface area contributed by atoms with E-state index in [1.807, 2.05) is 30.3 Å². The van der Waals surface area contributed by atoms with Gasteiger partial charge in [0.05, 0.1) is 11.6 Å². The molecule has 2 aliphatic heterocycles. The average molecular weight is 567 g/mol. The molecule has 2 unspecified atom stereocenters. The van der Waals surface area contributed by atoms with E-state index < -0.39 is 0 Å². The molecule has 0 bridgehead atoms. The van der Waals surface area contributed by atoms with Crippen LogP contribution in [0.15, 0.2) is 146 Å². The first-order chi connectivity index (χ1) is 21.8. The van der Waals surface area contributed by atoms with E-state index >= 15 is 0 Å². The van der Waals surface area contributed by atoms with Crippen LogP contribution in [0, 0.1) is 0 Å². The first kappa shape index (κ1) is 23.8. The minimum atomic E-state index is 0.229. The summed E-state index contributed by atoms with van der Waals surface area (Å²) in [5.74, 6) is 3.17. The van der Waals surface area contributed by atoms with Gasteiger partial charge in [-0.2, -0.15) is 0 Å². The number of hydrogen-bond acceptors (Lipinski definition) is 3. The standard InChI is InChI=1S/C40H26N2O2/c1-2-11-26(12-3-1)41-33-15-7-6-14-29(33)32-24-27(19-22-34(32)41)42-38-28-13-5-4-10-25(28)18-20-30(38)31-21-23-37-40(39(31)42)44-36-17-9-8-16-35(36)43-37/h1-24,29,33H. The fourth-order valence-corrected chi connectivity index (χ4v) is 7.46. The molecule has 0 N–H and O–H groups in total. The Morgan fingerprint density at radius 1 is 0.523 bits per heavy atom. The molecule has 0 saturated heterocycles. The molecule has 4 nitrogen and oxygen atoms in total. The molecule has 0 fully saturated rings. The lowest BCUT2D eigenvalue weighted by molar-refractivity contribution is 0.362. The Balaban J connectivity index is 1.28. The normalized spacial score (nSPS) is 17.7. The lowest BCUT2D eigenvalue weighted by Gasteiger charge is -2.28. The maximum Gasteiger partial charge on any atom is 0.194 e. The van der Waals surface area contributed by atoms with Crippen molar-refractivity contribution >= 4 is 44.0 Å². The zero-order valence-corrected chi connectivity index (χ0v) is 23.7. The molecular weight excluding hydrogens is 540 g/mol. The van der Waals surface area contributed by atoms with Gasteiger partial charge in [0.2, 0.25) is 0 Å². The van der Waals surface area contributed by atoms with Crippen molar-refractivity contribution in [2.75, 3.05) is 4.90 Å². The minimum Gasteiger partial charge on any atom is -0.449 e. The summed E-state index contributed by atoms with van der Waals surface area (Å²) in [5.41, 5.74) is 7.05. The van der Waals surface area contributed by atoms with Crippen LogP contribution in [0.2, 0.25) is 0 Å². The lowest BCUT2D eigenvalue weighted by Crippen LogP contribution is -2.28. The van der Waals surface area contributed by atoms with Crippen LogP contribution in [-0.2, 0) is 0 Å². The highest BCUT2D eigenvalue weighted by Gasteiger charge is 2.38. The van der Waals surface area contributed by atoms with E-state index in [2.05, 4.69) is 125 Å². The fourth-order valence-electron chi connectivity index (χ4n) is 7.46. The fraction of sp³-hybridized carbons (Fsp3) is 0.0500. The van der Waals surface area contributed by atoms with Gasteiger partial charge in [0.25, 0.3) is 0 Å². The number of benzene rings is 6. The molecule has 3 heterocycles. The van der Waals surface area contributed by atoms with Gasteiger partial charge in [-0.1, -0.05) is 91.0 Å². The van der Waals surface area contributed by atoms with E-state index in [4.69, 9.17) is 9.47 Å². The van der Waals surface area contributed by atoms with Gasteiger partial charge in [-0.3, -0.25) is 0 Å². The third kappa shape index (κ3) is 3.22. The Morgan fingerprint density at radius 3 is 2.18 bits per heavy atom. The molecule has 1 aliphatic carbocycles. The van der Waals surface area contributed by atoms with Crippen molar-refractivity contribution in [3.05, 3.63) is 151 Å². The van der Waals surface area contributed by atoms with Crippen LogP contribution < -0.4 is 14.4 Å². The molecule has 1 aromatic heterocycles. The van der Waals surface area contributed by atoms with Gasteiger partial charge in [-0.25, -0.2) is 0 Å². The van der Waals surface area contributed by atoms with E-state index in [1.54, 1.807) is 0 Å². The first-order valence-electron chi connectivity index (χ1n) is 15.1. The van der Waals surface area contributed by atoms with Gasteiger partial charge >= 0.3 is 0 Å². The van der Waals surface area contributed by atoms with Gasteiger partial charge in [0, 0.05) is 39.1 Å². The topological polar surface area (TPSA) is 26.6 Å². The van der Waals surface area contributed by atoms with Gasteiger partial charge in [0.15, 0.2) is 23.0 Å². The maximum absolute atomic E-state index is 6.67. The smallest absolute Gasteiger partial charge is 0.194 e. The van der Waals surface area contributed by atoms with Crippen LogP contribution in [-0.4, -0.2) is 10.6 Å². The molecular formula is C40H26N2O2. The monoisotopic (exact) mass is 566 g/mol. The molecule has 10 rings (SSSR count). The van der Waals surface area contributed by atoms with Crippen molar-refractivity contribution < 1.29 is 9.47 Å². The van der Waals surface area contributed by atoms with E-state index in [0.29, 0.717) is 0 Å². The quantitative estimate of drug-likeness (QED) is 0.208. The zero-order valence-electron chi connectivity index (χ0n) is 23.7. The van der Waals surface area contributed by atoms with Gasteiger partial charge in [0.1, 0.15) is 5.52 Å². The second-order valence-electron chi connectivity index (χ2n) is 11.7. The Kier molecular flexibility index (Phi) is 4.80. The van der Waals surface area contributed by atoms with Crippen molar-refractivity contribution in [3.63, 3.8) is 0 Å². The van der Waals surface area contributed by atoms with Crippen LogP contribution in [0.5, 0.6) is 23.0 Å². The summed E-state index contributed by atoms with van der Waals surface area (Å²) in [6.07, 6.45) is 9.01. The number of allylic oxidation sites excluding steroid dienone is 2. The predicted molar refractivity (Wildman–Crippen MR) is 178 cm³/mol. The highest BCUT2D eigenvalue weighted by Crippen LogP contribution is 2.53. The molecule has 2 atom stereocenters. The maximum atomic E-state index is 6.67.